The van der Waals surface area contributed by atoms with Gasteiger partial charge < -0.3 is 10.6 Å². The first-order chi connectivity index (χ1) is 10.1. The summed E-state index contributed by atoms with van der Waals surface area (Å²) in [5.41, 5.74) is 1.26. The Bertz CT molecular complexity index is 592. The quantitative estimate of drug-likeness (QED) is 0.556. The van der Waals surface area contributed by atoms with Crippen molar-refractivity contribution in [2.24, 2.45) is 0 Å². The smallest absolute Gasteiger partial charge is 0.319 e. The van der Waals surface area contributed by atoms with E-state index in [4.69, 9.17) is 0 Å². The monoisotopic (exact) mass is 287 g/mol. The molecule has 0 fully saturated rings. The highest BCUT2D eigenvalue weighted by Crippen LogP contribution is 2.09. The molecule has 0 atom stereocenters. The number of hydrogen-bond acceptors (Lipinski definition) is 4. The molecular weight excluding hydrogens is 270 g/mol. The first kappa shape index (κ1) is 14.7. The zero-order valence-electron chi connectivity index (χ0n) is 11.7. The maximum absolute atomic E-state index is 11.7. The van der Waals surface area contributed by atoms with Gasteiger partial charge in [-0.25, -0.2) is 9.78 Å². The molecule has 2 rings (SSSR count). The maximum atomic E-state index is 11.7. The van der Waals surface area contributed by atoms with Crippen molar-refractivity contribution in [2.75, 3.05) is 11.9 Å². The van der Waals surface area contributed by atoms with Crippen LogP contribution in [0.2, 0.25) is 0 Å². The van der Waals surface area contributed by atoms with E-state index in [1.807, 2.05) is 0 Å². The second-order valence-electron chi connectivity index (χ2n) is 4.55. The van der Waals surface area contributed by atoms with E-state index in [9.17, 15) is 9.59 Å². The van der Waals surface area contributed by atoms with Gasteiger partial charge in [-0.05, 0) is 37.6 Å². The average molecular weight is 287 g/mol. The van der Waals surface area contributed by atoms with Gasteiger partial charge in [0.1, 0.15) is 12.2 Å². The Morgan fingerprint density at radius 1 is 1.24 bits per heavy atom. The summed E-state index contributed by atoms with van der Waals surface area (Å²) in [4.78, 5) is 26.8. The number of aromatic nitrogens is 3. The Kier molecular flexibility index (Phi) is 5.03. The van der Waals surface area contributed by atoms with E-state index >= 15 is 0 Å². The lowest BCUT2D eigenvalue weighted by Crippen LogP contribution is -2.29. The number of carbonyl (C=O) groups excluding carboxylic acids is 2. The van der Waals surface area contributed by atoms with Gasteiger partial charge in [-0.15, -0.1) is 0 Å². The van der Waals surface area contributed by atoms with Gasteiger partial charge in [-0.2, -0.15) is 5.10 Å². The summed E-state index contributed by atoms with van der Waals surface area (Å²) >= 11 is 0. The van der Waals surface area contributed by atoms with E-state index in [0.717, 1.165) is 18.7 Å². The predicted octanol–water partition coefficient (Wildman–Crippen LogP) is 1.76. The highest BCUT2D eigenvalue weighted by molar-refractivity contribution is 5.95. The van der Waals surface area contributed by atoms with Gasteiger partial charge in [0, 0.05) is 24.2 Å². The second-order valence-corrected chi connectivity index (χ2v) is 4.55. The number of carbonyl (C=O) groups is 2. The Morgan fingerprint density at radius 2 is 2.00 bits per heavy atom. The summed E-state index contributed by atoms with van der Waals surface area (Å²) in [6.45, 7) is 2.04. The van der Waals surface area contributed by atoms with Gasteiger partial charge in [0.15, 0.2) is 5.78 Å². The van der Waals surface area contributed by atoms with Crippen LogP contribution in [-0.2, 0) is 6.42 Å². The van der Waals surface area contributed by atoms with E-state index < -0.39 is 0 Å². The van der Waals surface area contributed by atoms with Gasteiger partial charge >= 0.3 is 6.03 Å². The minimum Gasteiger partial charge on any atom is -0.338 e. The Labute approximate surface area is 122 Å². The second kappa shape index (κ2) is 7.18. The fraction of sp³-hybridized carbons (Fsp3) is 0.286. The predicted molar refractivity (Wildman–Crippen MR) is 78.2 cm³/mol. The van der Waals surface area contributed by atoms with Gasteiger partial charge in [-0.1, -0.05) is 0 Å². The number of nitrogens with zero attached hydrogens (tertiary/aromatic N) is 2. The molecule has 0 aliphatic heterocycles. The van der Waals surface area contributed by atoms with Crippen LogP contribution >= 0.6 is 0 Å². The Balaban J connectivity index is 1.70. The first-order valence-electron chi connectivity index (χ1n) is 6.65. The summed E-state index contributed by atoms with van der Waals surface area (Å²) in [6, 6.07) is 6.49. The zero-order valence-corrected chi connectivity index (χ0v) is 11.7. The lowest BCUT2D eigenvalue weighted by atomic mass is 10.1. The number of anilines is 1. The first-order valence-corrected chi connectivity index (χ1v) is 6.65. The molecule has 1 heterocycles. The zero-order chi connectivity index (χ0) is 15.1. The number of nitrogens with one attached hydrogen (secondary N) is 3. The van der Waals surface area contributed by atoms with E-state index in [-0.39, 0.29) is 11.8 Å². The summed E-state index contributed by atoms with van der Waals surface area (Å²) in [7, 11) is 0. The molecule has 7 nitrogen and oxygen atoms in total. The number of hydrogen-bond donors (Lipinski definition) is 3. The molecule has 0 saturated carbocycles. The number of benzene rings is 1. The third kappa shape index (κ3) is 4.72. The van der Waals surface area contributed by atoms with Gasteiger partial charge in [0.25, 0.3) is 0 Å². The maximum Gasteiger partial charge on any atom is 0.319 e. The highest BCUT2D eigenvalue weighted by Gasteiger charge is 2.03. The largest absolute Gasteiger partial charge is 0.338 e. The standard InChI is InChI=1S/C14H17N5O2/c1-10(20)11-4-6-12(7-5-11)18-14(21)15-8-2-3-13-16-9-17-19-13/h4-7,9H,2-3,8H2,1H3,(H2,15,18,21)(H,16,17,19). The number of ketones is 1. The van der Waals surface area contributed by atoms with Crippen molar-refractivity contribution in [1.82, 2.24) is 20.5 Å². The molecule has 1 aromatic carbocycles. The third-order valence-corrected chi connectivity index (χ3v) is 2.89. The SMILES string of the molecule is CC(=O)c1ccc(NC(=O)NCCCc2ncn[nH]2)cc1. The van der Waals surface area contributed by atoms with Crippen LogP contribution in [0.3, 0.4) is 0 Å². The van der Waals surface area contributed by atoms with E-state index in [2.05, 4.69) is 25.8 Å². The number of H-pyrrole nitrogens is 1. The average Bonchev–Trinajstić information content (AvgIpc) is 2.97. The molecule has 0 radical (unpaired) electrons. The van der Waals surface area contributed by atoms with Crippen molar-refractivity contribution in [3.8, 4) is 0 Å². The molecule has 1 aromatic heterocycles. The van der Waals surface area contributed by atoms with E-state index in [1.165, 1.54) is 13.3 Å². The summed E-state index contributed by atoms with van der Waals surface area (Å²) in [5, 5.41) is 12.0. The van der Waals surface area contributed by atoms with Crippen LogP contribution < -0.4 is 10.6 Å². The number of aromatic amines is 1. The lowest BCUT2D eigenvalue weighted by Gasteiger charge is -2.07. The van der Waals surface area contributed by atoms with Crippen molar-refractivity contribution in [3.05, 3.63) is 42.0 Å². The Morgan fingerprint density at radius 3 is 2.62 bits per heavy atom. The molecule has 0 unspecified atom stereocenters. The van der Waals surface area contributed by atoms with Crippen molar-refractivity contribution >= 4 is 17.5 Å². The highest BCUT2D eigenvalue weighted by atomic mass is 16.2. The minimum absolute atomic E-state index is 0.00147. The third-order valence-electron chi connectivity index (χ3n) is 2.89. The van der Waals surface area contributed by atoms with Gasteiger partial charge in [-0.3, -0.25) is 9.89 Å². The van der Waals surface area contributed by atoms with Crippen LogP contribution in [0, 0.1) is 0 Å². The van der Waals surface area contributed by atoms with Gasteiger partial charge in [0.2, 0.25) is 0 Å². The Hall–Kier alpha value is -2.70. The summed E-state index contributed by atoms with van der Waals surface area (Å²) in [6.07, 6.45) is 2.96. The van der Waals surface area contributed by atoms with Crippen LogP contribution in [0.4, 0.5) is 10.5 Å². The van der Waals surface area contributed by atoms with Crippen molar-refractivity contribution in [2.45, 2.75) is 19.8 Å². The fourth-order valence-corrected chi connectivity index (χ4v) is 1.77. The van der Waals surface area contributed by atoms with Crippen LogP contribution in [0.5, 0.6) is 0 Å². The molecule has 110 valence electrons. The van der Waals surface area contributed by atoms with Crippen LogP contribution in [0.1, 0.15) is 29.5 Å². The number of urea groups is 1. The fourth-order valence-electron chi connectivity index (χ4n) is 1.77. The number of amides is 2. The van der Waals surface area contributed by atoms with Crippen molar-refractivity contribution < 1.29 is 9.59 Å². The molecule has 0 bridgehead atoms. The topological polar surface area (TPSA) is 99.8 Å². The molecule has 3 N–H and O–H groups in total. The number of rotatable bonds is 6. The molecule has 21 heavy (non-hydrogen) atoms. The van der Waals surface area contributed by atoms with E-state index in [1.54, 1.807) is 24.3 Å². The van der Waals surface area contributed by atoms with Crippen LogP contribution in [0.25, 0.3) is 0 Å². The molecule has 0 aliphatic carbocycles. The van der Waals surface area contributed by atoms with Crippen molar-refractivity contribution in [1.29, 1.82) is 0 Å². The molecule has 0 saturated heterocycles. The number of Topliss-reactive ketones (excluding diaryl/α,β-unsaturated/α-hetero) is 1. The number of aryl methyl sites for hydroxylation is 1. The van der Waals surface area contributed by atoms with Gasteiger partial charge in [0.05, 0.1) is 0 Å². The molecule has 0 spiro atoms. The van der Waals surface area contributed by atoms with Crippen molar-refractivity contribution in [3.63, 3.8) is 0 Å². The normalized spacial score (nSPS) is 10.1. The molecule has 2 amide bonds. The summed E-state index contributed by atoms with van der Waals surface area (Å²) in [5.74, 6) is 0.801. The molecule has 7 heteroatoms. The molecule has 0 aliphatic rings. The molecular formula is C14H17N5O2. The van der Waals surface area contributed by atoms with Crippen LogP contribution in [-0.4, -0.2) is 33.5 Å². The minimum atomic E-state index is -0.275. The lowest BCUT2D eigenvalue weighted by molar-refractivity contribution is 0.101. The molecule has 2 aromatic rings. The summed E-state index contributed by atoms with van der Waals surface area (Å²) < 4.78 is 0. The van der Waals surface area contributed by atoms with Crippen LogP contribution in [0.15, 0.2) is 30.6 Å². The van der Waals surface area contributed by atoms with E-state index in [0.29, 0.717) is 17.8 Å².